The van der Waals surface area contributed by atoms with Gasteiger partial charge < -0.3 is 10.5 Å². The minimum absolute atomic E-state index is 0. The van der Waals surface area contributed by atoms with Crippen molar-refractivity contribution in [3.05, 3.63) is 53.6 Å². The molecule has 2 aromatic carbocycles. The van der Waals surface area contributed by atoms with Crippen molar-refractivity contribution in [3.8, 4) is 16.9 Å². The van der Waals surface area contributed by atoms with Gasteiger partial charge in [0.1, 0.15) is 5.75 Å². The van der Waals surface area contributed by atoms with Gasteiger partial charge in [0.2, 0.25) is 0 Å². The maximum Gasteiger partial charge on any atom is 0.416 e. The lowest BCUT2D eigenvalue weighted by molar-refractivity contribution is -0.137. The summed E-state index contributed by atoms with van der Waals surface area (Å²) in [5.74, 6) is 0.690. The molecule has 0 saturated heterocycles. The van der Waals surface area contributed by atoms with Gasteiger partial charge in [-0.15, -0.1) is 12.4 Å². The van der Waals surface area contributed by atoms with Crippen molar-refractivity contribution in [2.45, 2.75) is 12.7 Å². The monoisotopic (exact) mass is 317 g/mol. The summed E-state index contributed by atoms with van der Waals surface area (Å²) in [6.45, 7) is 0.0469. The third-order valence-electron chi connectivity index (χ3n) is 3.05. The maximum absolute atomic E-state index is 12.7. The van der Waals surface area contributed by atoms with Crippen LogP contribution in [0.2, 0.25) is 0 Å². The van der Waals surface area contributed by atoms with Gasteiger partial charge in [-0.3, -0.25) is 0 Å². The number of benzene rings is 2. The molecule has 0 aliphatic rings. The Kier molecular flexibility index (Phi) is 5.63. The molecular weight excluding hydrogens is 303 g/mol. The molecule has 0 radical (unpaired) electrons. The molecule has 0 heterocycles. The Morgan fingerprint density at radius 3 is 2.14 bits per heavy atom. The smallest absolute Gasteiger partial charge is 0.416 e. The maximum atomic E-state index is 12.7. The van der Waals surface area contributed by atoms with Crippen molar-refractivity contribution in [3.63, 3.8) is 0 Å². The molecule has 6 heteroatoms. The molecule has 2 N–H and O–H groups in total. The van der Waals surface area contributed by atoms with Crippen molar-refractivity contribution < 1.29 is 17.9 Å². The van der Waals surface area contributed by atoms with Gasteiger partial charge in [-0.05, 0) is 41.0 Å². The summed E-state index contributed by atoms with van der Waals surface area (Å²) >= 11 is 0. The molecule has 0 spiro atoms. The molecule has 0 fully saturated rings. The fraction of sp³-hybridized carbons (Fsp3) is 0.200. The van der Waals surface area contributed by atoms with Crippen molar-refractivity contribution in [1.29, 1.82) is 0 Å². The van der Waals surface area contributed by atoms with E-state index in [1.54, 1.807) is 31.4 Å². The standard InChI is InChI=1S/C15H14F3NO.ClH/c1-20-13-5-2-10(3-6-13)14-7-4-12(15(16,17)18)8-11(14)9-19;/h2-8H,9,19H2,1H3;1H. The Morgan fingerprint density at radius 1 is 1.05 bits per heavy atom. The molecular formula is C15H15ClF3NO. The van der Waals surface area contributed by atoms with Crippen molar-refractivity contribution in [2.75, 3.05) is 7.11 Å². The average Bonchev–Trinajstić information content (AvgIpc) is 2.45. The second kappa shape index (κ2) is 6.83. The van der Waals surface area contributed by atoms with Crippen molar-refractivity contribution in [2.24, 2.45) is 5.73 Å². The van der Waals surface area contributed by atoms with Crippen LogP contribution < -0.4 is 10.5 Å². The molecule has 21 heavy (non-hydrogen) atoms. The molecule has 0 unspecified atom stereocenters. The zero-order chi connectivity index (χ0) is 14.8. The minimum Gasteiger partial charge on any atom is -0.497 e. The molecule has 0 atom stereocenters. The van der Waals surface area contributed by atoms with Crippen LogP contribution in [0, 0.1) is 0 Å². The van der Waals surface area contributed by atoms with Crippen LogP contribution in [-0.4, -0.2) is 7.11 Å². The molecule has 0 bridgehead atoms. The van der Waals surface area contributed by atoms with E-state index in [1.165, 1.54) is 6.07 Å². The zero-order valence-electron chi connectivity index (χ0n) is 11.3. The Morgan fingerprint density at radius 2 is 1.67 bits per heavy atom. The molecule has 2 nitrogen and oxygen atoms in total. The highest BCUT2D eigenvalue weighted by Crippen LogP contribution is 2.33. The third-order valence-corrected chi connectivity index (χ3v) is 3.05. The Bertz CT molecular complexity index is 597. The SMILES string of the molecule is COc1ccc(-c2ccc(C(F)(F)F)cc2CN)cc1.Cl. The first-order valence-corrected chi connectivity index (χ1v) is 6.00. The molecule has 0 saturated carbocycles. The number of ether oxygens (including phenoxy) is 1. The van der Waals surface area contributed by atoms with Crippen LogP contribution in [-0.2, 0) is 12.7 Å². The summed E-state index contributed by atoms with van der Waals surface area (Å²) in [7, 11) is 1.55. The van der Waals surface area contributed by atoms with Gasteiger partial charge >= 0.3 is 6.18 Å². The first kappa shape index (κ1) is 17.3. The van der Waals surface area contributed by atoms with Gasteiger partial charge in [0.25, 0.3) is 0 Å². The lowest BCUT2D eigenvalue weighted by atomic mass is 9.97. The minimum atomic E-state index is -4.36. The highest BCUT2D eigenvalue weighted by atomic mass is 35.5. The van der Waals surface area contributed by atoms with Crippen LogP contribution in [0.15, 0.2) is 42.5 Å². The van der Waals surface area contributed by atoms with E-state index in [1.807, 2.05) is 0 Å². The fourth-order valence-corrected chi connectivity index (χ4v) is 1.99. The van der Waals surface area contributed by atoms with Gasteiger partial charge in [-0.2, -0.15) is 13.2 Å². The van der Waals surface area contributed by atoms with Gasteiger partial charge in [0, 0.05) is 6.54 Å². The second-order valence-electron chi connectivity index (χ2n) is 4.30. The van der Waals surface area contributed by atoms with E-state index in [9.17, 15) is 13.2 Å². The highest BCUT2D eigenvalue weighted by molar-refractivity contribution is 5.85. The Hall–Kier alpha value is -1.72. The van der Waals surface area contributed by atoms with E-state index in [0.717, 1.165) is 17.7 Å². The largest absolute Gasteiger partial charge is 0.497 e. The Labute approximate surface area is 127 Å². The summed E-state index contributed by atoms with van der Waals surface area (Å²) < 4.78 is 43.1. The van der Waals surface area contributed by atoms with Crippen LogP contribution in [0.5, 0.6) is 5.75 Å². The van der Waals surface area contributed by atoms with E-state index in [2.05, 4.69) is 0 Å². The summed E-state index contributed by atoms with van der Waals surface area (Å²) in [4.78, 5) is 0. The number of hydrogen-bond acceptors (Lipinski definition) is 2. The Balaban J connectivity index is 0.00000220. The van der Waals surface area contributed by atoms with Crippen LogP contribution in [0.4, 0.5) is 13.2 Å². The highest BCUT2D eigenvalue weighted by Gasteiger charge is 2.30. The first-order valence-electron chi connectivity index (χ1n) is 6.00. The van der Waals surface area contributed by atoms with Crippen molar-refractivity contribution >= 4 is 12.4 Å². The first-order chi connectivity index (χ1) is 9.45. The van der Waals surface area contributed by atoms with Gasteiger partial charge in [0.05, 0.1) is 12.7 Å². The molecule has 2 aromatic rings. The second-order valence-corrected chi connectivity index (χ2v) is 4.30. The number of hydrogen-bond donors (Lipinski definition) is 1. The predicted molar refractivity (Wildman–Crippen MR) is 78.6 cm³/mol. The lowest BCUT2D eigenvalue weighted by Gasteiger charge is -2.13. The normalized spacial score (nSPS) is 10.9. The summed E-state index contributed by atoms with van der Waals surface area (Å²) in [6, 6.07) is 10.7. The number of methoxy groups -OCH3 is 1. The molecule has 114 valence electrons. The zero-order valence-corrected chi connectivity index (χ0v) is 12.1. The molecule has 0 aliphatic heterocycles. The van der Waals surface area contributed by atoms with Crippen molar-refractivity contribution in [1.82, 2.24) is 0 Å². The molecule has 0 amide bonds. The van der Waals surface area contributed by atoms with Gasteiger partial charge in [-0.25, -0.2) is 0 Å². The summed E-state index contributed by atoms with van der Waals surface area (Å²) in [5.41, 5.74) is 6.85. The van der Waals surface area contributed by atoms with Gasteiger partial charge in [0.15, 0.2) is 0 Å². The predicted octanol–water partition coefficient (Wildman–Crippen LogP) is 4.26. The molecule has 0 aromatic heterocycles. The number of halogens is 4. The van der Waals surface area contributed by atoms with E-state index in [-0.39, 0.29) is 19.0 Å². The summed E-state index contributed by atoms with van der Waals surface area (Å²) in [6.07, 6.45) is -4.36. The lowest BCUT2D eigenvalue weighted by Crippen LogP contribution is -2.08. The molecule has 0 aliphatic carbocycles. The van der Waals surface area contributed by atoms with E-state index in [4.69, 9.17) is 10.5 Å². The molecule has 2 rings (SSSR count). The van der Waals surface area contributed by atoms with Crippen LogP contribution in [0.25, 0.3) is 11.1 Å². The average molecular weight is 318 g/mol. The quantitative estimate of drug-likeness (QED) is 0.918. The number of nitrogens with two attached hydrogens (primary N) is 1. The van der Waals surface area contributed by atoms with Crippen LogP contribution in [0.1, 0.15) is 11.1 Å². The van der Waals surface area contributed by atoms with Crippen LogP contribution >= 0.6 is 12.4 Å². The number of rotatable bonds is 3. The summed E-state index contributed by atoms with van der Waals surface area (Å²) in [5, 5.41) is 0. The van der Waals surface area contributed by atoms with E-state index < -0.39 is 11.7 Å². The van der Waals surface area contributed by atoms with E-state index >= 15 is 0 Å². The topological polar surface area (TPSA) is 35.2 Å². The van der Waals surface area contributed by atoms with Crippen LogP contribution in [0.3, 0.4) is 0 Å². The number of alkyl halides is 3. The fourth-order valence-electron chi connectivity index (χ4n) is 1.99. The van der Waals surface area contributed by atoms with Gasteiger partial charge in [-0.1, -0.05) is 18.2 Å². The van der Waals surface area contributed by atoms with E-state index in [0.29, 0.717) is 16.9 Å². The third kappa shape index (κ3) is 3.89.